The summed E-state index contributed by atoms with van der Waals surface area (Å²) in [5.41, 5.74) is 6.62. The maximum atomic E-state index is 13.7. The molecule has 0 aliphatic rings. The van der Waals surface area contributed by atoms with Crippen LogP contribution in [0.3, 0.4) is 0 Å². The zero-order valence-corrected chi connectivity index (χ0v) is 12.5. The average Bonchev–Trinajstić information content (AvgIpc) is 2.49. The van der Waals surface area contributed by atoms with Gasteiger partial charge in [-0.1, -0.05) is 47.2 Å². The first-order valence-corrected chi connectivity index (χ1v) is 6.91. The number of hydrogen-bond donors (Lipinski definition) is 1. The van der Waals surface area contributed by atoms with Gasteiger partial charge in [-0.25, -0.2) is 4.39 Å². The van der Waals surface area contributed by atoms with Crippen LogP contribution in [0.4, 0.5) is 4.39 Å². The van der Waals surface area contributed by atoms with Crippen LogP contribution in [0.2, 0.25) is 10.0 Å². The fraction of sp³-hybridized carbons (Fsp3) is 0.125. The van der Waals surface area contributed by atoms with E-state index in [0.717, 1.165) is 0 Å². The summed E-state index contributed by atoms with van der Waals surface area (Å²) in [4.78, 5) is 0. The molecule has 0 radical (unpaired) electrons. The van der Waals surface area contributed by atoms with E-state index in [2.05, 4.69) is 11.8 Å². The molecule has 5 heteroatoms. The predicted octanol–water partition coefficient (Wildman–Crippen LogP) is 4.02. The largest absolute Gasteiger partial charge is 0.486 e. The average molecular weight is 324 g/mol. The Labute approximate surface area is 132 Å². The zero-order chi connectivity index (χ0) is 15.2. The van der Waals surface area contributed by atoms with E-state index in [1.807, 2.05) is 0 Å². The van der Waals surface area contributed by atoms with Crippen LogP contribution in [0.15, 0.2) is 36.4 Å². The van der Waals surface area contributed by atoms with Crippen LogP contribution in [0.25, 0.3) is 0 Å². The highest BCUT2D eigenvalue weighted by Gasteiger charge is 2.08. The Morgan fingerprint density at radius 2 is 2.00 bits per heavy atom. The van der Waals surface area contributed by atoms with Gasteiger partial charge in [0.05, 0.1) is 16.6 Å². The number of rotatable bonds is 3. The summed E-state index contributed by atoms with van der Waals surface area (Å²) in [6.07, 6.45) is 0. The molecule has 108 valence electrons. The maximum absolute atomic E-state index is 13.7. The van der Waals surface area contributed by atoms with Crippen molar-refractivity contribution in [2.75, 3.05) is 6.54 Å². The molecule has 2 aromatic rings. The lowest BCUT2D eigenvalue weighted by Crippen LogP contribution is -1.99. The highest BCUT2D eigenvalue weighted by atomic mass is 35.5. The van der Waals surface area contributed by atoms with Gasteiger partial charge in [-0.15, -0.1) is 0 Å². The lowest BCUT2D eigenvalue weighted by molar-refractivity contribution is 0.290. The summed E-state index contributed by atoms with van der Waals surface area (Å²) in [5, 5.41) is 0.833. The highest BCUT2D eigenvalue weighted by Crippen LogP contribution is 2.27. The van der Waals surface area contributed by atoms with Crippen LogP contribution in [0.5, 0.6) is 5.75 Å². The first kappa shape index (κ1) is 15.7. The van der Waals surface area contributed by atoms with Crippen molar-refractivity contribution in [2.24, 2.45) is 5.73 Å². The van der Waals surface area contributed by atoms with E-state index in [1.54, 1.807) is 24.3 Å². The van der Waals surface area contributed by atoms with Crippen molar-refractivity contribution in [3.63, 3.8) is 0 Å². The predicted molar refractivity (Wildman–Crippen MR) is 83.1 cm³/mol. The van der Waals surface area contributed by atoms with Crippen LogP contribution >= 0.6 is 23.2 Å². The molecular weight excluding hydrogens is 312 g/mol. The first-order chi connectivity index (χ1) is 10.1. The summed E-state index contributed by atoms with van der Waals surface area (Å²) in [6.45, 7) is 0.357. The van der Waals surface area contributed by atoms with Gasteiger partial charge in [0.2, 0.25) is 0 Å². The van der Waals surface area contributed by atoms with Gasteiger partial charge in [0, 0.05) is 11.1 Å². The van der Waals surface area contributed by atoms with E-state index in [4.69, 9.17) is 33.7 Å². The summed E-state index contributed by atoms with van der Waals surface area (Å²) in [6, 6.07) is 9.59. The van der Waals surface area contributed by atoms with Crippen molar-refractivity contribution in [1.29, 1.82) is 0 Å². The molecule has 0 atom stereocenters. The van der Waals surface area contributed by atoms with Crippen LogP contribution in [-0.4, -0.2) is 6.54 Å². The molecule has 0 aliphatic carbocycles. The monoisotopic (exact) mass is 323 g/mol. The van der Waals surface area contributed by atoms with Crippen molar-refractivity contribution in [2.45, 2.75) is 6.61 Å². The van der Waals surface area contributed by atoms with Crippen LogP contribution in [0.1, 0.15) is 11.1 Å². The number of benzene rings is 2. The van der Waals surface area contributed by atoms with E-state index >= 15 is 0 Å². The minimum Gasteiger partial charge on any atom is -0.486 e. The Morgan fingerprint density at radius 3 is 2.76 bits per heavy atom. The topological polar surface area (TPSA) is 35.2 Å². The third-order valence-electron chi connectivity index (χ3n) is 2.68. The Balaban J connectivity index is 2.17. The summed E-state index contributed by atoms with van der Waals surface area (Å²) in [5.74, 6) is 5.16. The Bertz CT molecular complexity index is 707. The Morgan fingerprint density at radius 1 is 1.19 bits per heavy atom. The van der Waals surface area contributed by atoms with Gasteiger partial charge in [-0.2, -0.15) is 0 Å². The smallest absolute Gasteiger partial charge is 0.165 e. The molecule has 0 saturated carbocycles. The summed E-state index contributed by atoms with van der Waals surface area (Å²) in [7, 11) is 0. The second-order valence-corrected chi connectivity index (χ2v) is 4.94. The molecule has 0 aromatic heterocycles. The van der Waals surface area contributed by atoms with Gasteiger partial charge in [-0.05, 0) is 24.3 Å². The van der Waals surface area contributed by atoms with Crippen LogP contribution < -0.4 is 10.5 Å². The lowest BCUT2D eigenvalue weighted by Gasteiger charge is -2.09. The van der Waals surface area contributed by atoms with E-state index in [0.29, 0.717) is 21.2 Å². The molecule has 0 saturated heterocycles. The molecule has 2 N–H and O–H groups in total. The van der Waals surface area contributed by atoms with Gasteiger partial charge in [-0.3, -0.25) is 0 Å². The minimum absolute atomic E-state index is 0.106. The van der Waals surface area contributed by atoms with Gasteiger partial charge < -0.3 is 10.5 Å². The van der Waals surface area contributed by atoms with Gasteiger partial charge >= 0.3 is 0 Å². The number of ether oxygens (including phenoxy) is 1. The standard InChI is InChI=1S/C16H12Cl2FNO/c17-13-5-1-4-12(16(13)18)10-21-15-9-11(3-2-8-20)6-7-14(15)19/h1,4-7,9H,8,10,20H2. The summed E-state index contributed by atoms with van der Waals surface area (Å²) < 4.78 is 19.2. The quantitative estimate of drug-likeness (QED) is 0.866. The molecule has 2 nitrogen and oxygen atoms in total. The molecular formula is C16H12Cl2FNO. The summed E-state index contributed by atoms with van der Waals surface area (Å²) >= 11 is 12.0. The van der Waals surface area contributed by atoms with Crippen LogP contribution in [0, 0.1) is 17.7 Å². The highest BCUT2D eigenvalue weighted by molar-refractivity contribution is 6.42. The van der Waals surface area contributed by atoms with Crippen LogP contribution in [-0.2, 0) is 6.61 Å². The van der Waals surface area contributed by atoms with Crippen molar-refractivity contribution in [3.05, 3.63) is 63.4 Å². The van der Waals surface area contributed by atoms with Crippen molar-refractivity contribution in [1.82, 2.24) is 0 Å². The number of nitrogens with two attached hydrogens (primary N) is 1. The minimum atomic E-state index is -0.466. The molecule has 0 bridgehead atoms. The van der Waals surface area contributed by atoms with E-state index in [-0.39, 0.29) is 18.9 Å². The third-order valence-corrected chi connectivity index (χ3v) is 3.54. The molecule has 0 spiro atoms. The lowest BCUT2D eigenvalue weighted by atomic mass is 10.2. The number of halogens is 3. The molecule has 2 aromatic carbocycles. The maximum Gasteiger partial charge on any atom is 0.165 e. The fourth-order valence-corrected chi connectivity index (χ4v) is 2.03. The van der Waals surface area contributed by atoms with E-state index in [9.17, 15) is 4.39 Å². The normalized spacial score (nSPS) is 9.90. The fourth-order valence-electron chi connectivity index (χ4n) is 1.66. The number of hydrogen-bond acceptors (Lipinski definition) is 2. The molecule has 2 rings (SSSR count). The van der Waals surface area contributed by atoms with Gasteiger partial charge in [0.1, 0.15) is 6.61 Å². The molecule has 21 heavy (non-hydrogen) atoms. The van der Waals surface area contributed by atoms with Gasteiger partial charge in [0.25, 0.3) is 0 Å². The van der Waals surface area contributed by atoms with Gasteiger partial charge in [0.15, 0.2) is 11.6 Å². The molecule has 0 aliphatic heterocycles. The SMILES string of the molecule is NCC#Cc1ccc(F)c(OCc2cccc(Cl)c2Cl)c1. The Hall–Kier alpha value is -1.73. The molecule has 0 amide bonds. The second-order valence-electron chi connectivity index (χ2n) is 4.15. The molecule has 0 fully saturated rings. The van der Waals surface area contributed by atoms with Crippen molar-refractivity contribution in [3.8, 4) is 17.6 Å². The molecule has 0 heterocycles. The molecule has 0 unspecified atom stereocenters. The van der Waals surface area contributed by atoms with Crippen molar-refractivity contribution >= 4 is 23.2 Å². The Kier molecular flexibility index (Phi) is 5.46. The first-order valence-electron chi connectivity index (χ1n) is 6.16. The zero-order valence-electron chi connectivity index (χ0n) is 11.0. The van der Waals surface area contributed by atoms with E-state index in [1.165, 1.54) is 12.1 Å². The third kappa shape index (κ3) is 4.12. The van der Waals surface area contributed by atoms with Crippen molar-refractivity contribution < 1.29 is 9.13 Å². The van der Waals surface area contributed by atoms with E-state index < -0.39 is 5.82 Å². The second kappa shape index (κ2) is 7.33.